The van der Waals surface area contributed by atoms with Crippen LogP contribution in [-0.4, -0.2) is 19.7 Å². The van der Waals surface area contributed by atoms with Gasteiger partial charge in [0.25, 0.3) is 0 Å². The molecule has 3 rings (SSSR count). The largest absolute Gasteiger partial charge is 0.317 e. The maximum absolute atomic E-state index is 7.18. The molecule has 102 valence electrons. The van der Waals surface area contributed by atoms with Crippen molar-refractivity contribution >= 4 is 17.3 Å². The third kappa shape index (κ3) is 2.49. The third-order valence-corrected chi connectivity index (χ3v) is 3.33. The van der Waals surface area contributed by atoms with Crippen LogP contribution in [0, 0.1) is 6.57 Å². The molecule has 0 aliphatic carbocycles. The van der Waals surface area contributed by atoms with E-state index < -0.39 is 0 Å². The van der Waals surface area contributed by atoms with Crippen molar-refractivity contribution in [3.8, 4) is 22.5 Å². The number of hydrogen-bond donors (Lipinski definition) is 0. The summed E-state index contributed by atoms with van der Waals surface area (Å²) < 4.78 is 1.81. The molecular formula is C15H10ClN5. The maximum Gasteiger partial charge on any atom is 0.188 e. The zero-order chi connectivity index (χ0) is 14.8. The van der Waals surface area contributed by atoms with Crippen molar-refractivity contribution in [1.29, 1.82) is 0 Å². The Hall–Kier alpha value is -2.71. The second-order valence-electron chi connectivity index (χ2n) is 4.47. The van der Waals surface area contributed by atoms with Gasteiger partial charge < -0.3 is 4.57 Å². The number of aryl methyl sites for hydroxylation is 1. The van der Waals surface area contributed by atoms with Gasteiger partial charge in [-0.25, -0.2) is 9.83 Å². The summed E-state index contributed by atoms with van der Waals surface area (Å²) in [6.45, 7) is 7.18. The summed E-state index contributed by atoms with van der Waals surface area (Å²) in [6.07, 6.45) is 3.28. The van der Waals surface area contributed by atoms with E-state index in [-0.39, 0.29) is 0 Å². The van der Waals surface area contributed by atoms with Crippen molar-refractivity contribution in [3.63, 3.8) is 0 Å². The molecule has 0 unspecified atom stereocenters. The van der Waals surface area contributed by atoms with Gasteiger partial charge >= 0.3 is 0 Å². The van der Waals surface area contributed by atoms with Gasteiger partial charge in [0.05, 0.1) is 6.57 Å². The molecular weight excluding hydrogens is 286 g/mol. The Bertz CT molecular complexity index is 847. The molecule has 2 aromatic heterocycles. The highest BCUT2D eigenvalue weighted by molar-refractivity contribution is 6.29. The molecule has 0 aliphatic heterocycles. The lowest BCUT2D eigenvalue weighted by Crippen LogP contribution is -1.94. The van der Waals surface area contributed by atoms with E-state index in [0.717, 1.165) is 16.7 Å². The molecule has 0 amide bonds. The van der Waals surface area contributed by atoms with Crippen molar-refractivity contribution in [2.24, 2.45) is 7.05 Å². The number of pyridine rings is 1. The van der Waals surface area contributed by atoms with Crippen molar-refractivity contribution in [2.75, 3.05) is 0 Å². The number of hydrogen-bond acceptors (Lipinski definition) is 3. The van der Waals surface area contributed by atoms with Crippen molar-refractivity contribution < 1.29 is 0 Å². The van der Waals surface area contributed by atoms with E-state index >= 15 is 0 Å². The summed E-state index contributed by atoms with van der Waals surface area (Å²) in [5.41, 5.74) is 3.25. The predicted molar refractivity (Wildman–Crippen MR) is 80.9 cm³/mol. The number of rotatable bonds is 2. The molecule has 21 heavy (non-hydrogen) atoms. The van der Waals surface area contributed by atoms with Crippen LogP contribution in [0.25, 0.3) is 27.4 Å². The highest BCUT2D eigenvalue weighted by atomic mass is 35.5. The van der Waals surface area contributed by atoms with Crippen LogP contribution in [0.5, 0.6) is 0 Å². The first-order valence-electron chi connectivity index (χ1n) is 6.17. The Labute approximate surface area is 126 Å². The molecule has 0 saturated carbocycles. The van der Waals surface area contributed by atoms with Gasteiger partial charge in [-0.3, -0.25) is 0 Å². The first-order valence-corrected chi connectivity index (χ1v) is 6.54. The van der Waals surface area contributed by atoms with Gasteiger partial charge in [-0.1, -0.05) is 23.7 Å². The summed E-state index contributed by atoms with van der Waals surface area (Å²) in [4.78, 5) is 7.47. The molecule has 5 nitrogen and oxygen atoms in total. The molecule has 0 bridgehead atoms. The van der Waals surface area contributed by atoms with Gasteiger partial charge in [-0.2, -0.15) is 0 Å². The monoisotopic (exact) mass is 295 g/mol. The molecule has 0 radical (unpaired) electrons. The smallest absolute Gasteiger partial charge is 0.188 e. The van der Waals surface area contributed by atoms with Gasteiger partial charge in [0.15, 0.2) is 11.5 Å². The number of nitrogens with zero attached hydrogens (tertiary/aromatic N) is 5. The number of benzene rings is 1. The van der Waals surface area contributed by atoms with Gasteiger partial charge in [-0.15, -0.1) is 10.2 Å². The summed E-state index contributed by atoms with van der Waals surface area (Å²) in [6, 6.07) is 9.13. The molecule has 0 saturated heterocycles. The van der Waals surface area contributed by atoms with Crippen molar-refractivity contribution in [3.05, 3.63) is 59.4 Å². The van der Waals surface area contributed by atoms with Gasteiger partial charge in [0.1, 0.15) is 11.5 Å². The van der Waals surface area contributed by atoms with Crippen LogP contribution < -0.4 is 0 Å². The second kappa shape index (κ2) is 5.35. The quantitative estimate of drug-likeness (QED) is 0.534. The van der Waals surface area contributed by atoms with Crippen LogP contribution in [0.2, 0.25) is 5.15 Å². The molecule has 6 heteroatoms. The minimum atomic E-state index is 0.422. The lowest BCUT2D eigenvalue weighted by Gasteiger charge is -2.10. The fourth-order valence-electron chi connectivity index (χ4n) is 2.14. The van der Waals surface area contributed by atoms with Crippen LogP contribution in [0.4, 0.5) is 5.69 Å². The normalized spacial score (nSPS) is 10.3. The minimum Gasteiger partial charge on any atom is -0.317 e. The topological polar surface area (TPSA) is 48.0 Å². The first kappa shape index (κ1) is 13.3. The average Bonchev–Trinajstić information content (AvgIpc) is 2.92. The average molecular weight is 296 g/mol. The Kier molecular flexibility index (Phi) is 3.38. The summed E-state index contributed by atoms with van der Waals surface area (Å²) in [5.74, 6) is 0.698. The fourth-order valence-corrected chi connectivity index (χ4v) is 2.31. The molecule has 0 atom stereocenters. The first-order chi connectivity index (χ1) is 10.2. The molecule has 1 aromatic carbocycles. The summed E-state index contributed by atoms with van der Waals surface area (Å²) >= 11 is 5.97. The van der Waals surface area contributed by atoms with Crippen LogP contribution >= 0.6 is 11.6 Å². The van der Waals surface area contributed by atoms with E-state index in [1.54, 1.807) is 30.7 Å². The molecule has 0 N–H and O–H groups in total. The van der Waals surface area contributed by atoms with E-state index in [4.69, 9.17) is 18.2 Å². The molecule has 0 spiro atoms. The van der Waals surface area contributed by atoms with Crippen LogP contribution in [0.15, 0.2) is 42.9 Å². The second-order valence-corrected chi connectivity index (χ2v) is 4.86. The van der Waals surface area contributed by atoms with Crippen LogP contribution in [0.3, 0.4) is 0 Å². The predicted octanol–water partition coefficient (Wildman–Crippen LogP) is 3.75. The van der Waals surface area contributed by atoms with Crippen LogP contribution in [-0.2, 0) is 7.05 Å². The highest BCUT2D eigenvalue weighted by Crippen LogP contribution is 2.34. The third-order valence-electron chi connectivity index (χ3n) is 3.12. The Morgan fingerprint density at radius 3 is 2.71 bits per heavy atom. The summed E-state index contributed by atoms with van der Waals surface area (Å²) in [7, 11) is 1.86. The van der Waals surface area contributed by atoms with Gasteiger partial charge in [0.2, 0.25) is 0 Å². The zero-order valence-electron chi connectivity index (χ0n) is 11.2. The maximum atomic E-state index is 7.18. The standard InChI is InChI=1S/C15H10ClN5/c1-17-11-3-4-12(10-5-6-18-14(16)7-10)13(8-11)15-20-19-9-21(15)2/h3-9H,2H3. The lowest BCUT2D eigenvalue weighted by molar-refractivity contribution is 0.920. The van der Waals surface area contributed by atoms with E-state index in [9.17, 15) is 0 Å². The minimum absolute atomic E-state index is 0.422. The van der Waals surface area contributed by atoms with Crippen molar-refractivity contribution in [2.45, 2.75) is 0 Å². The molecule has 0 aliphatic rings. The zero-order valence-corrected chi connectivity index (χ0v) is 11.9. The Balaban J connectivity index is 2.26. The number of aromatic nitrogens is 4. The van der Waals surface area contributed by atoms with E-state index in [1.807, 2.05) is 23.7 Å². The lowest BCUT2D eigenvalue weighted by atomic mass is 9.99. The van der Waals surface area contributed by atoms with Gasteiger partial charge in [-0.05, 0) is 29.3 Å². The van der Waals surface area contributed by atoms with E-state index in [0.29, 0.717) is 16.7 Å². The van der Waals surface area contributed by atoms with Crippen LogP contribution in [0.1, 0.15) is 0 Å². The fraction of sp³-hybridized carbons (Fsp3) is 0.0667. The summed E-state index contributed by atoms with van der Waals surface area (Å²) in [5, 5.41) is 8.46. The van der Waals surface area contributed by atoms with E-state index in [1.165, 1.54) is 0 Å². The molecule has 3 aromatic rings. The Morgan fingerprint density at radius 1 is 1.19 bits per heavy atom. The molecule has 2 heterocycles. The van der Waals surface area contributed by atoms with E-state index in [2.05, 4.69) is 20.0 Å². The van der Waals surface area contributed by atoms with Gasteiger partial charge in [0, 0.05) is 18.8 Å². The molecule has 0 fully saturated rings. The van der Waals surface area contributed by atoms with Crippen molar-refractivity contribution in [1.82, 2.24) is 19.7 Å². The highest BCUT2D eigenvalue weighted by Gasteiger charge is 2.13. The Morgan fingerprint density at radius 2 is 2.05 bits per heavy atom. The number of halogens is 1. The SMILES string of the molecule is [C-]#[N+]c1ccc(-c2ccnc(Cl)c2)c(-c2nncn2C)c1.